The van der Waals surface area contributed by atoms with Gasteiger partial charge in [-0.15, -0.1) is 0 Å². The smallest absolute Gasteiger partial charge is 0.308 e. The summed E-state index contributed by atoms with van der Waals surface area (Å²) in [5, 5.41) is 0. The summed E-state index contributed by atoms with van der Waals surface area (Å²) in [6, 6.07) is 0. The van der Waals surface area contributed by atoms with Crippen molar-refractivity contribution in [2.24, 2.45) is 11.3 Å². The molecular weight excluding hydrogens is 235 g/mol. The van der Waals surface area contributed by atoms with Crippen molar-refractivity contribution in [2.45, 2.75) is 31.6 Å². The zero-order chi connectivity index (χ0) is 12.8. The van der Waals surface area contributed by atoms with Crippen molar-refractivity contribution in [1.82, 2.24) is 9.97 Å². The molecular formula is C13H15FN2O2. The highest BCUT2D eigenvalue weighted by Crippen LogP contribution is 2.64. The molecule has 2 fully saturated rings. The molecule has 0 atom stereocenters. The molecule has 5 heteroatoms. The molecule has 0 aromatic carbocycles. The number of aromatic nitrogens is 2. The van der Waals surface area contributed by atoms with E-state index < -0.39 is 6.08 Å². The molecule has 2 aliphatic rings. The number of esters is 1. The number of rotatable bonds is 2. The molecule has 96 valence electrons. The van der Waals surface area contributed by atoms with Crippen molar-refractivity contribution in [3.8, 4) is 0 Å². The van der Waals surface area contributed by atoms with Crippen LogP contribution in [0.2, 0.25) is 0 Å². The van der Waals surface area contributed by atoms with Crippen LogP contribution in [0, 0.1) is 17.4 Å². The molecule has 0 radical (unpaired) electrons. The van der Waals surface area contributed by atoms with Gasteiger partial charge in [-0.25, -0.2) is 9.97 Å². The summed E-state index contributed by atoms with van der Waals surface area (Å²) >= 11 is 0. The summed E-state index contributed by atoms with van der Waals surface area (Å²) < 4.78 is 17.3. The molecule has 0 N–H and O–H groups in total. The molecule has 0 unspecified atom stereocenters. The van der Waals surface area contributed by atoms with Crippen molar-refractivity contribution >= 4 is 5.97 Å². The van der Waals surface area contributed by atoms with E-state index in [2.05, 4.69) is 9.97 Å². The van der Waals surface area contributed by atoms with Gasteiger partial charge in [0.2, 0.25) is 0 Å². The average molecular weight is 250 g/mol. The summed E-state index contributed by atoms with van der Waals surface area (Å²) in [5.74, 6) is 0.416. The third kappa shape index (κ3) is 1.78. The second-order valence-electron chi connectivity index (χ2n) is 5.52. The third-order valence-electron chi connectivity index (χ3n) is 4.36. The van der Waals surface area contributed by atoms with E-state index in [0.717, 1.165) is 31.2 Å². The average Bonchev–Trinajstić information content (AvgIpc) is 2.27. The summed E-state index contributed by atoms with van der Waals surface area (Å²) in [7, 11) is 1.44. The maximum atomic E-state index is 12.6. The fourth-order valence-corrected chi connectivity index (χ4v) is 3.41. The van der Waals surface area contributed by atoms with Crippen LogP contribution in [-0.4, -0.2) is 23.0 Å². The van der Waals surface area contributed by atoms with E-state index in [1.807, 2.05) is 0 Å². The number of carbonyl (C=O) groups is 1. The first kappa shape index (κ1) is 11.6. The first-order valence-electron chi connectivity index (χ1n) is 6.17. The van der Waals surface area contributed by atoms with Crippen LogP contribution in [0.25, 0.3) is 0 Å². The van der Waals surface area contributed by atoms with Gasteiger partial charge >= 0.3 is 12.0 Å². The number of methoxy groups -OCH3 is 1. The van der Waals surface area contributed by atoms with Crippen molar-refractivity contribution in [3.05, 3.63) is 24.0 Å². The van der Waals surface area contributed by atoms with Crippen molar-refractivity contribution in [3.63, 3.8) is 0 Å². The van der Waals surface area contributed by atoms with Crippen LogP contribution < -0.4 is 0 Å². The fraction of sp³-hybridized carbons (Fsp3) is 0.615. The monoisotopic (exact) mass is 250 g/mol. The first-order valence-corrected chi connectivity index (χ1v) is 6.17. The van der Waals surface area contributed by atoms with Gasteiger partial charge in [0.05, 0.1) is 13.0 Å². The Morgan fingerprint density at radius 2 is 1.94 bits per heavy atom. The highest BCUT2D eigenvalue weighted by molar-refractivity contribution is 5.73. The molecule has 1 spiro atoms. The Hall–Kier alpha value is -1.52. The van der Waals surface area contributed by atoms with Crippen molar-refractivity contribution < 1.29 is 13.9 Å². The van der Waals surface area contributed by atoms with Gasteiger partial charge in [-0.2, -0.15) is 4.39 Å². The Bertz CT molecular complexity index is 460. The van der Waals surface area contributed by atoms with Crippen LogP contribution >= 0.6 is 0 Å². The van der Waals surface area contributed by atoms with Gasteiger partial charge in [0.25, 0.3) is 0 Å². The summed E-state index contributed by atoms with van der Waals surface area (Å²) in [4.78, 5) is 18.5. The van der Waals surface area contributed by atoms with Crippen LogP contribution in [-0.2, 0) is 9.53 Å². The molecule has 18 heavy (non-hydrogen) atoms. The lowest BCUT2D eigenvalue weighted by molar-refractivity contribution is -0.159. The van der Waals surface area contributed by atoms with Gasteiger partial charge < -0.3 is 4.74 Å². The highest BCUT2D eigenvalue weighted by Gasteiger charge is 2.55. The molecule has 3 rings (SSSR count). The topological polar surface area (TPSA) is 52.1 Å². The van der Waals surface area contributed by atoms with E-state index in [-0.39, 0.29) is 11.9 Å². The van der Waals surface area contributed by atoms with Gasteiger partial charge in [0.1, 0.15) is 0 Å². The largest absolute Gasteiger partial charge is 0.469 e. The molecule has 0 bridgehead atoms. The molecule has 1 heterocycles. The van der Waals surface area contributed by atoms with E-state index in [9.17, 15) is 9.18 Å². The Labute approximate surface area is 105 Å². The number of hydrogen-bond acceptors (Lipinski definition) is 4. The maximum absolute atomic E-state index is 12.6. The summed E-state index contributed by atoms with van der Waals surface area (Å²) in [5.41, 5.74) is 1.32. The Balaban J connectivity index is 1.55. The van der Waals surface area contributed by atoms with E-state index in [4.69, 9.17) is 4.74 Å². The molecule has 0 saturated heterocycles. The van der Waals surface area contributed by atoms with Crippen molar-refractivity contribution in [1.29, 1.82) is 0 Å². The minimum Gasteiger partial charge on any atom is -0.469 e. The molecule has 4 nitrogen and oxygen atoms in total. The van der Waals surface area contributed by atoms with Gasteiger partial charge in [-0.05, 0) is 42.6 Å². The van der Waals surface area contributed by atoms with Crippen LogP contribution in [0.4, 0.5) is 4.39 Å². The zero-order valence-corrected chi connectivity index (χ0v) is 10.2. The number of ether oxygens (including phenoxy) is 1. The normalized spacial score (nSPS) is 33.7. The van der Waals surface area contributed by atoms with Crippen LogP contribution in [0.15, 0.2) is 12.4 Å². The van der Waals surface area contributed by atoms with E-state index in [0.29, 0.717) is 11.3 Å². The van der Waals surface area contributed by atoms with Gasteiger partial charge in [-0.3, -0.25) is 4.79 Å². The van der Waals surface area contributed by atoms with E-state index in [1.54, 1.807) is 12.4 Å². The fourth-order valence-electron chi connectivity index (χ4n) is 3.41. The summed E-state index contributed by atoms with van der Waals surface area (Å²) in [6.45, 7) is 0. The third-order valence-corrected chi connectivity index (χ3v) is 4.36. The molecule has 2 aliphatic carbocycles. The van der Waals surface area contributed by atoms with Crippen LogP contribution in [0.5, 0.6) is 0 Å². The van der Waals surface area contributed by atoms with Crippen LogP contribution in [0.3, 0.4) is 0 Å². The predicted octanol–water partition coefficient (Wildman–Crippen LogP) is 2.06. The lowest BCUT2D eigenvalue weighted by atomic mass is 9.47. The van der Waals surface area contributed by atoms with Crippen LogP contribution in [0.1, 0.15) is 37.2 Å². The Morgan fingerprint density at radius 3 is 2.50 bits per heavy atom. The molecule has 2 saturated carbocycles. The van der Waals surface area contributed by atoms with Crippen molar-refractivity contribution in [2.75, 3.05) is 7.11 Å². The molecule has 0 amide bonds. The molecule has 0 aliphatic heterocycles. The minimum absolute atomic E-state index is 0.0837. The van der Waals surface area contributed by atoms with E-state index >= 15 is 0 Å². The standard InChI is InChI=1S/C13H15FN2O2/c1-18-11(17)9-4-13(5-9)2-8(3-13)10-6-15-12(14)16-7-10/h6-9H,2-5H2,1H3. The zero-order valence-electron chi connectivity index (χ0n) is 10.2. The number of hydrogen-bond donors (Lipinski definition) is 0. The lowest BCUT2D eigenvalue weighted by Gasteiger charge is -2.57. The SMILES string of the molecule is COC(=O)C1CC2(C1)CC(c1cnc(F)nc1)C2. The highest BCUT2D eigenvalue weighted by atomic mass is 19.1. The van der Waals surface area contributed by atoms with Gasteiger partial charge in [0, 0.05) is 12.4 Å². The Morgan fingerprint density at radius 1 is 1.33 bits per heavy atom. The van der Waals surface area contributed by atoms with E-state index in [1.165, 1.54) is 7.11 Å². The molecule has 1 aromatic heterocycles. The van der Waals surface area contributed by atoms with Gasteiger partial charge in [-0.1, -0.05) is 0 Å². The number of halogens is 1. The lowest BCUT2D eigenvalue weighted by Crippen LogP contribution is -2.49. The minimum atomic E-state index is -0.679. The predicted molar refractivity (Wildman–Crippen MR) is 61.1 cm³/mol. The first-order chi connectivity index (χ1) is 8.62. The second kappa shape index (κ2) is 4.00. The quantitative estimate of drug-likeness (QED) is 0.595. The maximum Gasteiger partial charge on any atom is 0.308 e. The summed E-state index contributed by atoms with van der Waals surface area (Å²) in [6.07, 6.45) is 6.41. The second-order valence-corrected chi connectivity index (χ2v) is 5.52. The molecule has 1 aromatic rings. The Kier molecular flexibility index (Phi) is 2.57. The number of nitrogens with zero attached hydrogens (tertiary/aromatic N) is 2. The number of carbonyl (C=O) groups excluding carboxylic acids is 1. The van der Waals surface area contributed by atoms with Gasteiger partial charge in [0.15, 0.2) is 0 Å².